The topological polar surface area (TPSA) is 112 Å². The molecule has 0 radical (unpaired) electrons. The molecule has 4 N–H and O–H groups in total. The highest BCUT2D eigenvalue weighted by Gasteiger charge is 2.08. The van der Waals surface area contributed by atoms with E-state index in [9.17, 15) is 8.42 Å². The Morgan fingerprint density at radius 2 is 1.72 bits per heavy atom. The molecule has 0 aliphatic heterocycles. The zero-order valence-electron chi connectivity index (χ0n) is 9.04. The summed E-state index contributed by atoms with van der Waals surface area (Å²) in [5.41, 5.74) is 6.65. The summed E-state index contributed by atoms with van der Waals surface area (Å²) in [7, 11) is -3.70. The van der Waals surface area contributed by atoms with Gasteiger partial charge in [-0.05, 0) is 12.1 Å². The van der Waals surface area contributed by atoms with E-state index in [-0.39, 0.29) is 16.0 Å². The summed E-state index contributed by atoms with van der Waals surface area (Å²) in [6, 6.07) is 7.44. The lowest BCUT2D eigenvalue weighted by atomic mass is 10.1. The zero-order valence-corrected chi connectivity index (χ0v) is 10.6. The normalized spacial score (nSPS) is 11.4. The fourth-order valence-corrected chi connectivity index (χ4v) is 2.10. The van der Waals surface area contributed by atoms with Crippen molar-refractivity contribution in [3.8, 4) is 11.3 Å². The van der Waals surface area contributed by atoms with Crippen molar-refractivity contribution < 1.29 is 8.42 Å². The maximum absolute atomic E-state index is 11.1. The van der Waals surface area contributed by atoms with Gasteiger partial charge in [0, 0.05) is 11.6 Å². The molecule has 0 spiro atoms. The summed E-state index contributed by atoms with van der Waals surface area (Å²) in [5, 5.41) is 5.21. The first-order valence-corrected chi connectivity index (χ1v) is 6.72. The van der Waals surface area contributed by atoms with Crippen LogP contribution in [0.4, 0.5) is 5.95 Å². The van der Waals surface area contributed by atoms with Crippen LogP contribution in [0.2, 0.25) is 5.15 Å². The Morgan fingerprint density at radius 1 is 1.11 bits per heavy atom. The predicted molar refractivity (Wildman–Crippen MR) is 68.3 cm³/mol. The summed E-state index contributed by atoms with van der Waals surface area (Å²) >= 11 is 5.76. The largest absolute Gasteiger partial charge is 0.368 e. The van der Waals surface area contributed by atoms with Gasteiger partial charge in [0.25, 0.3) is 0 Å². The molecule has 8 heteroatoms. The van der Waals surface area contributed by atoms with Crippen molar-refractivity contribution in [1.82, 2.24) is 9.97 Å². The number of nitrogens with two attached hydrogens (primary N) is 2. The van der Waals surface area contributed by atoms with Crippen LogP contribution >= 0.6 is 11.6 Å². The van der Waals surface area contributed by atoms with Crippen LogP contribution in [0.5, 0.6) is 0 Å². The lowest BCUT2D eigenvalue weighted by molar-refractivity contribution is 0.598. The van der Waals surface area contributed by atoms with E-state index >= 15 is 0 Å². The van der Waals surface area contributed by atoms with Crippen molar-refractivity contribution in [2.24, 2.45) is 5.14 Å². The molecule has 2 rings (SSSR count). The third kappa shape index (κ3) is 2.76. The zero-order chi connectivity index (χ0) is 13.3. The van der Waals surface area contributed by atoms with Gasteiger partial charge in [0.2, 0.25) is 16.0 Å². The fourth-order valence-electron chi connectivity index (χ4n) is 1.40. The van der Waals surface area contributed by atoms with Crippen LogP contribution < -0.4 is 10.9 Å². The second-order valence-electron chi connectivity index (χ2n) is 3.50. The van der Waals surface area contributed by atoms with Crippen LogP contribution in [0.25, 0.3) is 11.3 Å². The first kappa shape index (κ1) is 12.7. The molecule has 94 valence electrons. The van der Waals surface area contributed by atoms with Gasteiger partial charge in [0.1, 0.15) is 5.15 Å². The van der Waals surface area contributed by atoms with Crippen molar-refractivity contribution in [2.45, 2.75) is 4.90 Å². The van der Waals surface area contributed by atoms with Crippen molar-refractivity contribution >= 4 is 27.6 Å². The van der Waals surface area contributed by atoms with Gasteiger partial charge in [-0.15, -0.1) is 0 Å². The number of rotatable bonds is 2. The summed E-state index contributed by atoms with van der Waals surface area (Å²) in [5.74, 6) is 0.0491. The van der Waals surface area contributed by atoms with E-state index in [1.54, 1.807) is 12.1 Å². The van der Waals surface area contributed by atoms with E-state index in [1.165, 1.54) is 18.2 Å². The highest BCUT2D eigenvalue weighted by atomic mass is 35.5. The van der Waals surface area contributed by atoms with Crippen molar-refractivity contribution in [2.75, 3.05) is 5.73 Å². The summed E-state index contributed by atoms with van der Waals surface area (Å²) < 4.78 is 22.2. The molecule has 0 saturated heterocycles. The van der Waals surface area contributed by atoms with Crippen molar-refractivity contribution in [1.29, 1.82) is 0 Å². The number of benzene rings is 1. The van der Waals surface area contributed by atoms with Gasteiger partial charge in [-0.25, -0.2) is 23.5 Å². The van der Waals surface area contributed by atoms with E-state index in [4.69, 9.17) is 22.5 Å². The molecular weight excluding hydrogens is 276 g/mol. The van der Waals surface area contributed by atoms with E-state index in [1.807, 2.05) is 0 Å². The Morgan fingerprint density at radius 3 is 2.22 bits per heavy atom. The second-order valence-corrected chi connectivity index (χ2v) is 5.45. The van der Waals surface area contributed by atoms with E-state index < -0.39 is 10.0 Å². The minimum absolute atomic E-state index is 0.0272. The number of hydrogen-bond acceptors (Lipinski definition) is 5. The Bertz CT molecular complexity index is 665. The molecule has 0 atom stereocenters. The first-order chi connectivity index (χ1) is 8.36. The molecule has 0 amide bonds. The van der Waals surface area contributed by atoms with Gasteiger partial charge in [0.15, 0.2) is 0 Å². The van der Waals surface area contributed by atoms with Crippen LogP contribution in [0, 0.1) is 0 Å². The summed E-state index contributed by atoms with van der Waals surface area (Å²) in [6.07, 6.45) is 0. The first-order valence-electron chi connectivity index (χ1n) is 4.79. The predicted octanol–water partition coefficient (Wildman–Crippen LogP) is 1.03. The minimum Gasteiger partial charge on any atom is -0.368 e. The number of hydrogen-bond donors (Lipinski definition) is 2. The third-order valence-corrected chi connectivity index (χ3v) is 3.31. The molecule has 0 unspecified atom stereocenters. The molecule has 0 bridgehead atoms. The molecule has 6 nitrogen and oxygen atoms in total. The SMILES string of the molecule is Nc1nc(Cl)cc(-c2ccc(S(N)(=O)=O)cc2)n1. The fraction of sp³-hybridized carbons (Fsp3) is 0. The highest BCUT2D eigenvalue weighted by molar-refractivity contribution is 7.89. The molecule has 1 aromatic carbocycles. The van der Waals surface area contributed by atoms with Crippen molar-refractivity contribution in [3.63, 3.8) is 0 Å². The summed E-state index contributed by atoms with van der Waals surface area (Å²) in [4.78, 5) is 7.76. The monoisotopic (exact) mass is 284 g/mol. The third-order valence-electron chi connectivity index (χ3n) is 2.19. The van der Waals surface area contributed by atoms with E-state index in [0.717, 1.165) is 0 Å². The molecule has 1 heterocycles. The average Bonchev–Trinajstić information content (AvgIpc) is 2.27. The van der Waals surface area contributed by atoms with Gasteiger partial charge in [-0.3, -0.25) is 0 Å². The molecule has 0 aliphatic rings. The number of primary sulfonamides is 1. The van der Waals surface area contributed by atoms with Crippen LogP contribution in [-0.4, -0.2) is 18.4 Å². The van der Waals surface area contributed by atoms with Crippen LogP contribution in [0.15, 0.2) is 35.2 Å². The van der Waals surface area contributed by atoms with Crippen LogP contribution in [-0.2, 0) is 10.0 Å². The molecular formula is C10H9ClN4O2S. The molecule has 2 aromatic rings. The molecule has 18 heavy (non-hydrogen) atoms. The highest BCUT2D eigenvalue weighted by Crippen LogP contribution is 2.21. The Labute approximate surface area is 109 Å². The second kappa shape index (κ2) is 4.52. The van der Waals surface area contributed by atoms with Gasteiger partial charge < -0.3 is 5.73 Å². The van der Waals surface area contributed by atoms with Crippen LogP contribution in [0.1, 0.15) is 0 Å². The number of anilines is 1. The lowest BCUT2D eigenvalue weighted by Crippen LogP contribution is -2.11. The molecule has 1 aromatic heterocycles. The van der Waals surface area contributed by atoms with Crippen molar-refractivity contribution in [3.05, 3.63) is 35.5 Å². The minimum atomic E-state index is -3.70. The number of nitrogens with zero attached hydrogens (tertiary/aromatic N) is 2. The quantitative estimate of drug-likeness (QED) is 0.800. The van der Waals surface area contributed by atoms with Gasteiger partial charge in [-0.2, -0.15) is 0 Å². The molecule has 0 fully saturated rings. The molecule has 0 aliphatic carbocycles. The summed E-state index contributed by atoms with van der Waals surface area (Å²) in [6.45, 7) is 0. The Kier molecular flexibility index (Phi) is 3.20. The standard InChI is InChI=1S/C10H9ClN4O2S/c11-9-5-8(14-10(12)15-9)6-1-3-7(4-2-6)18(13,16)17/h1-5H,(H2,12,14,15)(H2,13,16,17). The number of nitrogen functional groups attached to an aromatic ring is 1. The maximum Gasteiger partial charge on any atom is 0.238 e. The average molecular weight is 285 g/mol. The van der Waals surface area contributed by atoms with E-state index in [0.29, 0.717) is 11.3 Å². The maximum atomic E-state index is 11.1. The van der Waals surface area contributed by atoms with Gasteiger partial charge in [0.05, 0.1) is 10.6 Å². The Balaban J connectivity index is 2.46. The lowest BCUT2D eigenvalue weighted by Gasteiger charge is -2.03. The number of sulfonamides is 1. The van der Waals surface area contributed by atoms with Gasteiger partial charge in [-0.1, -0.05) is 23.7 Å². The van der Waals surface area contributed by atoms with Gasteiger partial charge >= 0.3 is 0 Å². The Hall–Kier alpha value is -1.70. The van der Waals surface area contributed by atoms with E-state index in [2.05, 4.69) is 9.97 Å². The number of aromatic nitrogens is 2. The number of halogens is 1. The smallest absolute Gasteiger partial charge is 0.238 e. The molecule has 0 saturated carbocycles. The van der Waals surface area contributed by atoms with Crippen LogP contribution in [0.3, 0.4) is 0 Å².